The van der Waals surface area contributed by atoms with Crippen LogP contribution in [0.15, 0.2) is 18.2 Å². The number of hydrogen-bond acceptors (Lipinski definition) is 2. The third kappa shape index (κ3) is 2.88. The molecule has 0 unspecified atom stereocenters. The molecule has 1 aromatic rings. The summed E-state index contributed by atoms with van der Waals surface area (Å²) in [4.78, 5) is 14.9. The Hall–Kier alpha value is -1.35. The predicted molar refractivity (Wildman–Crippen MR) is 98.1 cm³/mol. The number of amides is 1. The van der Waals surface area contributed by atoms with Gasteiger partial charge in [0.25, 0.3) is 0 Å². The van der Waals surface area contributed by atoms with E-state index < -0.39 is 0 Å². The average Bonchev–Trinajstić information content (AvgIpc) is 2.49. The van der Waals surface area contributed by atoms with Gasteiger partial charge in [0, 0.05) is 11.2 Å². The van der Waals surface area contributed by atoms with Crippen molar-refractivity contribution in [1.29, 1.82) is 0 Å². The van der Waals surface area contributed by atoms with Gasteiger partial charge in [-0.1, -0.05) is 6.07 Å². The number of anilines is 1. The Morgan fingerprint density at radius 2 is 1.67 bits per heavy atom. The highest BCUT2D eigenvalue weighted by Gasteiger charge is 2.52. The van der Waals surface area contributed by atoms with E-state index in [2.05, 4.69) is 43.2 Å². The van der Waals surface area contributed by atoms with E-state index in [1.54, 1.807) is 0 Å². The van der Waals surface area contributed by atoms with Gasteiger partial charge in [-0.05, 0) is 100 Å². The molecule has 4 bridgehead atoms. The number of likely N-dealkylation sites (N-methyl/N-ethyl adjacent to an activating group) is 1. The Morgan fingerprint density at radius 3 is 2.21 bits per heavy atom. The quantitative estimate of drug-likeness (QED) is 0.902. The van der Waals surface area contributed by atoms with Crippen molar-refractivity contribution in [2.45, 2.75) is 57.9 Å². The number of nitrogens with one attached hydrogen (secondary N) is 1. The number of hydrogen-bond donors (Lipinski definition) is 1. The van der Waals surface area contributed by atoms with Crippen LogP contribution in [0.1, 0.15) is 49.7 Å². The van der Waals surface area contributed by atoms with E-state index >= 15 is 0 Å². The maximum absolute atomic E-state index is 12.6. The van der Waals surface area contributed by atoms with Gasteiger partial charge in [-0.3, -0.25) is 9.69 Å². The van der Waals surface area contributed by atoms with Crippen molar-refractivity contribution in [3.63, 3.8) is 0 Å². The van der Waals surface area contributed by atoms with Crippen LogP contribution in [0.2, 0.25) is 0 Å². The lowest BCUT2D eigenvalue weighted by Gasteiger charge is -2.59. The van der Waals surface area contributed by atoms with Crippen LogP contribution in [0.3, 0.4) is 0 Å². The van der Waals surface area contributed by atoms with Gasteiger partial charge < -0.3 is 5.32 Å². The Balaban J connectivity index is 1.41. The van der Waals surface area contributed by atoms with Gasteiger partial charge in [-0.2, -0.15) is 0 Å². The molecule has 0 radical (unpaired) electrons. The van der Waals surface area contributed by atoms with E-state index in [9.17, 15) is 4.79 Å². The van der Waals surface area contributed by atoms with Crippen LogP contribution in [0.4, 0.5) is 5.69 Å². The molecule has 0 heterocycles. The van der Waals surface area contributed by atoms with E-state index in [4.69, 9.17) is 0 Å². The third-order valence-corrected chi connectivity index (χ3v) is 6.99. The molecular formula is C21H30N2O. The molecule has 4 aliphatic rings. The van der Waals surface area contributed by atoms with Crippen LogP contribution in [0.5, 0.6) is 0 Å². The first kappa shape index (κ1) is 16.1. The zero-order valence-electron chi connectivity index (χ0n) is 15.3. The number of benzene rings is 1. The first-order valence-corrected chi connectivity index (χ1v) is 9.52. The van der Waals surface area contributed by atoms with Gasteiger partial charge in [0.2, 0.25) is 5.91 Å². The highest BCUT2D eigenvalue weighted by molar-refractivity contribution is 5.92. The number of aryl methyl sites for hydroxylation is 2. The molecule has 1 N–H and O–H groups in total. The van der Waals surface area contributed by atoms with Crippen LogP contribution in [-0.4, -0.2) is 29.9 Å². The molecule has 4 aliphatic carbocycles. The molecule has 130 valence electrons. The van der Waals surface area contributed by atoms with E-state index in [1.807, 2.05) is 6.07 Å². The Kier molecular flexibility index (Phi) is 3.95. The molecular weight excluding hydrogens is 296 g/mol. The number of nitrogens with zero attached hydrogens (tertiary/aromatic N) is 1. The zero-order valence-corrected chi connectivity index (χ0v) is 15.3. The molecule has 0 saturated heterocycles. The molecule has 3 heteroatoms. The second-order valence-corrected chi connectivity index (χ2v) is 8.85. The van der Waals surface area contributed by atoms with Crippen molar-refractivity contribution in [3.05, 3.63) is 29.3 Å². The van der Waals surface area contributed by atoms with Crippen molar-refractivity contribution in [2.75, 3.05) is 18.9 Å². The number of carbonyl (C=O) groups is 1. The van der Waals surface area contributed by atoms with Crippen molar-refractivity contribution < 1.29 is 4.79 Å². The molecule has 1 aromatic carbocycles. The fourth-order valence-corrected chi connectivity index (χ4v) is 5.94. The largest absolute Gasteiger partial charge is 0.325 e. The summed E-state index contributed by atoms with van der Waals surface area (Å²) in [5.74, 6) is 2.88. The smallest absolute Gasteiger partial charge is 0.238 e. The van der Waals surface area contributed by atoms with Crippen LogP contribution < -0.4 is 5.32 Å². The Morgan fingerprint density at radius 1 is 1.08 bits per heavy atom. The fourth-order valence-electron chi connectivity index (χ4n) is 5.94. The Labute approximate surface area is 145 Å². The maximum Gasteiger partial charge on any atom is 0.238 e. The van der Waals surface area contributed by atoms with Gasteiger partial charge >= 0.3 is 0 Å². The topological polar surface area (TPSA) is 32.3 Å². The number of rotatable bonds is 4. The summed E-state index contributed by atoms with van der Waals surface area (Å²) in [6.45, 7) is 4.70. The Bertz CT molecular complexity index is 616. The maximum atomic E-state index is 12.6. The van der Waals surface area contributed by atoms with Crippen molar-refractivity contribution in [2.24, 2.45) is 17.8 Å². The minimum atomic E-state index is 0.122. The third-order valence-electron chi connectivity index (χ3n) is 6.99. The highest BCUT2D eigenvalue weighted by Crippen LogP contribution is 2.57. The van der Waals surface area contributed by atoms with Crippen molar-refractivity contribution in [1.82, 2.24) is 4.90 Å². The summed E-state index contributed by atoms with van der Waals surface area (Å²) in [7, 11) is 2.17. The fraction of sp³-hybridized carbons (Fsp3) is 0.667. The van der Waals surface area contributed by atoms with Crippen molar-refractivity contribution >= 4 is 11.6 Å². The summed E-state index contributed by atoms with van der Waals surface area (Å²) in [6, 6.07) is 6.15. The summed E-state index contributed by atoms with van der Waals surface area (Å²) in [5, 5.41) is 3.09. The summed E-state index contributed by atoms with van der Waals surface area (Å²) >= 11 is 0. The summed E-state index contributed by atoms with van der Waals surface area (Å²) in [5.41, 5.74) is 3.71. The summed E-state index contributed by atoms with van der Waals surface area (Å²) in [6.07, 6.45) is 8.27. The normalized spacial score (nSPS) is 33.9. The number of carbonyl (C=O) groups excluding carboxylic acids is 1. The van der Waals surface area contributed by atoms with Crippen LogP contribution >= 0.6 is 0 Å². The van der Waals surface area contributed by atoms with Gasteiger partial charge in [-0.25, -0.2) is 0 Å². The molecule has 0 atom stereocenters. The minimum Gasteiger partial charge on any atom is -0.325 e. The summed E-state index contributed by atoms with van der Waals surface area (Å²) < 4.78 is 0. The average molecular weight is 326 g/mol. The van der Waals surface area contributed by atoms with Crippen molar-refractivity contribution in [3.8, 4) is 0 Å². The molecule has 24 heavy (non-hydrogen) atoms. The molecule has 4 fully saturated rings. The van der Waals surface area contributed by atoms with Gasteiger partial charge in [0.1, 0.15) is 0 Å². The van der Waals surface area contributed by atoms with Gasteiger partial charge in [-0.15, -0.1) is 0 Å². The van der Waals surface area contributed by atoms with Gasteiger partial charge in [0.15, 0.2) is 0 Å². The molecule has 0 spiro atoms. The molecule has 1 amide bonds. The first-order valence-electron chi connectivity index (χ1n) is 9.52. The van der Waals surface area contributed by atoms with Crippen LogP contribution in [0.25, 0.3) is 0 Å². The van der Waals surface area contributed by atoms with Crippen LogP contribution in [-0.2, 0) is 4.79 Å². The zero-order chi connectivity index (χ0) is 16.9. The van der Waals surface area contributed by atoms with E-state index in [0.29, 0.717) is 12.1 Å². The van der Waals surface area contributed by atoms with E-state index in [1.165, 1.54) is 49.7 Å². The lowest BCUT2D eigenvalue weighted by molar-refractivity contribution is -0.123. The van der Waals surface area contributed by atoms with Crippen LogP contribution in [0, 0.1) is 31.6 Å². The second-order valence-electron chi connectivity index (χ2n) is 8.85. The lowest BCUT2D eigenvalue weighted by Crippen LogP contribution is -2.59. The first-order chi connectivity index (χ1) is 11.4. The second kappa shape index (κ2) is 5.87. The molecule has 0 aromatic heterocycles. The lowest BCUT2D eigenvalue weighted by atomic mass is 9.52. The minimum absolute atomic E-state index is 0.122. The SMILES string of the molecule is Cc1ccc(NC(=O)CN(C)C23CC4CC(CC(C4)C2)C3)cc1C. The molecule has 4 saturated carbocycles. The van der Waals surface area contributed by atoms with E-state index in [-0.39, 0.29) is 5.91 Å². The highest BCUT2D eigenvalue weighted by atomic mass is 16.2. The predicted octanol–water partition coefficient (Wildman–Crippen LogP) is 4.14. The monoisotopic (exact) mass is 326 g/mol. The molecule has 0 aliphatic heterocycles. The molecule has 5 rings (SSSR count). The standard InChI is InChI=1S/C21H30N2O/c1-14-4-5-19(6-15(14)2)22-20(24)13-23(3)21-10-16-7-17(11-21)9-18(8-16)12-21/h4-6,16-18H,7-13H2,1-3H3,(H,22,24). The van der Waals surface area contributed by atoms with Gasteiger partial charge in [0.05, 0.1) is 6.54 Å². The van der Waals surface area contributed by atoms with E-state index in [0.717, 1.165) is 23.4 Å². The molecule has 3 nitrogen and oxygen atoms in total.